The van der Waals surface area contributed by atoms with Crippen LogP contribution in [0.4, 0.5) is 26.7 Å². The number of nitrogens with zero attached hydrogens (tertiary/aromatic N) is 5. The first-order valence-electron chi connectivity index (χ1n) is 13.8. The van der Waals surface area contributed by atoms with E-state index in [1.165, 1.54) is 37.5 Å². The van der Waals surface area contributed by atoms with Crippen LogP contribution >= 0.6 is 35.8 Å². The van der Waals surface area contributed by atoms with Crippen LogP contribution in [0.2, 0.25) is 0 Å². The van der Waals surface area contributed by atoms with Gasteiger partial charge < -0.3 is 25.8 Å². The Labute approximate surface area is 281 Å². The van der Waals surface area contributed by atoms with Crippen molar-refractivity contribution in [2.24, 2.45) is 12.8 Å². The van der Waals surface area contributed by atoms with Crippen molar-refractivity contribution in [3.8, 4) is 0 Å². The first-order chi connectivity index (χ1) is 21.5. The van der Waals surface area contributed by atoms with Gasteiger partial charge in [-0.25, -0.2) is 9.59 Å². The summed E-state index contributed by atoms with van der Waals surface area (Å²) in [5, 5.41) is 12.9. The predicted octanol–water partition coefficient (Wildman–Crippen LogP) is 5.22. The summed E-state index contributed by atoms with van der Waals surface area (Å²) in [5.41, 5.74) is 7.48. The second-order valence-corrected chi connectivity index (χ2v) is 11.6. The van der Waals surface area contributed by atoms with Gasteiger partial charge in [-0.05, 0) is 42.5 Å². The maximum absolute atomic E-state index is 13.1. The standard InChI is InChI=1S/C30H34ClN9O4S.ClH/c1-36(12-10-26(32)33)29(43)40-14-9-23(19-40)38(3)30(44)39-13-8-21(18-39)34-28(42)25-16-22(17-37(25)2)35-27(41)20-4-6-24(7-5-20)45-15-11-31;/h4-9,13-14,16-19H,10-12,15H2,1-3H3,(H3,32,33)(H,34,42)(H,35,41);1H. The Morgan fingerprint density at radius 2 is 1.57 bits per heavy atom. The number of thioether (sulfide) groups is 1. The molecule has 1 aromatic carbocycles. The van der Waals surface area contributed by atoms with E-state index in [0.717, 1.165) is 10.6 Å². The lowest BCUT2D eigenvalue weighted by atomic mass is 10.2. The summed E-state index contributed by atoms with van der Waals surface area (Å²) in [6, 6.07) is 11.2. The van der Waals surface area contributed by atoms with E-state index in [4.69, 9.17) is 22.7 Å². The van der Waals surface area contributed by atoms with Crippen LogP contribution < -0.4 is 21.3 Å². The normalized spacial score (nSPS) is 10.5. The molecule has 0 unspecified atom stereocenters. The van der Waals surface area contributed by atoms with Gasteiger partial charge in [-0.15, -0.1) is 35.8 Å². The zero-order valence-corrected chi connectivity index (χ0v) is 27.8. The van der Waals surface area contributed by atoms with Gasteiger partial charge >= 0.3 is 12.1 Å². The van der Waals surface area contributed by atoms with Crippen molar-refractivity contribution in [1.82, 2.24) is 18.6 Å². The van der Waals surface area contributed by atoms with Crippen molar-refractivity contribution < 1.29 is 19.2 Å². The molecule has 3 heterocycles. The zero-order valence-electron chi connectivity index (χ0n) is 25.4. The molecule has 0 fully saturated rings. The lowest BCUT2D eigenvalue weighted by Crippen LogP contribution is -2.33. The molecule has 4 aromatic rings. The Hall–Kier alpha value is -4.66. The second kappa shape index (κ2) is 16.1. The molecule has 46 heavy (non-hydrogen) atoms. The largest absolute Gasteiger partial charge is 0.388 e. The number of alkyl halides is 1. The van der Waals surface area contributed by atoms with E-state index in [1.54, 1.807) is 80.2 Å². The first-order valence-corrected chi connectivity index (χ1v) is 15.3. The number of nitrogens with one attached hydrogen (secondary N) is 3. The minimum Gasteiger partial charge on any atom is -0.388 e. The molecule has 244 valence electrons. The maximum atomic E-state index is 13.1. The quantitative estimate of drug-likeness (QED) is 0.0731. The highest BCUT2D eigenvalue weighted by molar-refractivity contribution is 7.99. The molecule has 4 rings (SSSR count). The minimum absolute atomic E-state index is 0. The Bertz CT molecular complexity index is 1710. The first kappa shape index (κ1) is 35.8. The summed E-state index contributed by atoms with van der Waals surface area (Å²) in [4.78, 5) is 55.4. The molecule has 4 amide bonds. The molecule has 0 radical (unpaired) electrons. The summed E-state index contributed by atoms with van der Waals surface area (Å²) in [5.74, 6) is 0.579. The van der Waals surface area contributed by atoms with E-state index in [-0.39, 0.29) is 43.1 Å². The van der Waals surface area contributed by atoms with Gasteiger partial charge in [0.15, 0.2) is 0 Å². The van der Waals surface area contributed by atoms with Crippen LogP contribution in [0.15, 0.2) is 78.3 Å². The highest BCUT2D eigenvalue weighted by Crippen LogP contribution is 2.21. The van der Waals surface area contributed by atoms with Crippen LogP contribution in [0.3, 0.4) is 0 Å². The van der Waals surface area contributed by atoms with Gasteiger partial charge in [-0.2, -0.15) is 0 Å². The van der Waals surface area contributed by atoms with Crippen LogP contribution in [0.5, 0.6) is 0 Å². The molecule has 0 aliphatic carbocycles. The fourth-order valence-electron chi connectivity index (χ4n) is 4.27. The third kappa shape index (κ3) is 8.96. The van der Waals surface area contributed by atoms with Crippen LogP contribution in [0, 0.1) is 5.41 Å². The molecule has 3 aromatic heterocycles. The smallest absolute Gasteiger partial charge is 0.332 e. The van der Waals surface area contributed by atoms with Crippen molar-refractivity contribution in [2.45, 2.75) is 11.3 Å². The lowest BCUT2D eigenvalue weighted by Gasteiger charge is -2.18. The predicted molar refractivity (Wildman–Crippen MR) is 184 cm³/mol. The molecule has 0 atom stereocenters. The molecule has 0 aliphatic heterocycles. The van der Waals surface area contributed by atoms with Crippen LogP contribution in [-0.2, 0) is 7.05 Å². The molecule has 0 bridgehead atoms. The fraction of sp³-hybridized carbons (Fsp3) is 0.233. The number of benzene rings is 1. The summed E-state index contributed by atoms with van der Waals surface area (Å²) < 4.78 is 4.25. The molecule has 13 nitrogen and oxygen atoms in total. The van der Waals surface area contributed by atoms with E-state index in [9.17, 15) is 19.2 Å². The van der Waals surface area contributed by atoms with Crippen LogP contribution in [-0.4, -0.2) is 80.6 Å². The number of amides is 4. The van der Waals surface area contributed by atoms with Gasteiger partial charge in [0, 0.05) is 87.2 Å². The number of aryl methyl sites for hydroxylation is 1. The van der Waals surface area contributed by atoms with Gasteiger partial charge in [0.25, 0.3) is 11.8 Å². The van der Waals surface area contributed by atoms with Gasteiger partial charge in [0.2, 0.25) is 0 Å². The molecule has 5 N–H and O–H groups in total. The number of nitrogens with two attached hydrogens (primary N) is 1. The number of hydrogen-bond acceptors (Lipinski definition) is 6. The number of hydrogen-bond donors (Lipinski definition) is 4. The average molecular weight is 689 g/mol. The number of rotatable bonds is 11. The van der Waals surface area contributed by atoms with Crippen molar-refractivity contribution >= 4 is 82.5 Å². The molecule has 0 saturated carbocycles. The number of aromatic nitrogens is 3. The number of carbonyl (C=O) groups excluding carboxylic acids is 4. The topological polar surface area (TPSA) is 163 Å². The third-order valence-corrected chi connectivity index (χ3v) is 8.17. The van der Waals surface area contributed by atoms with Gasteiger partial charge in [-0.1, -0.05) is 0 Å². The summed E-state index contributed by atoms with van der Waals surface area (Å²) in [6.07, 6.45) is 7.97. The summed E-state index contributed by atoms with van der Waals surface area (Å²) >= 11 is 7.34. The molecule has 0 saturated heterocycles. The SMILES string of the molecule is CN(CCC(=N)N)C(=O)n1ccc(N(C)C(=O)n2ccc(NC(=O)c3cc(NC(=O)c4ccc(SCCCl)cc4)cn3C)c2)c1.Cl. The highest BCUT2D eigenvalue weighted by atomic mass is 35.5. The second-order valence-electron chi connectivity index (χ2n) is 10.1. The Balaban J connectivity index is 0.00000576. The minimum atomic E-state index is -0.429. The van der Waals surface area contributed by atoms with Crippen LogP contribution in [0.1, 0.15) is 27.3 Å². The van der Waals surface area contributed by atoms with E-state index >= 15 is 0 Å². The highest BCUT2D eigenvalue weighted by Gasteiger charge is 2.19. The van der Waals surface area contributed by atoms with E-state index < -0.39 is 11.9 Å². The number of carbonyl (C=O) groups is 4. The van der Waals surface area contributed by atoms with Crippen molar-refractivity contribution in [3.63, 3.8) is 0 Å². The summed E-state index contributed by atoms with van der Waals surface area (Å²) in [6.45, 7) is 0.289. The number of halogens is 2. The zero-order chi connectivity index (χ0) is 32.7. The van der Waals surface area contributed by atoms with Crippen molar-refractivity contribution in [3.05, 3.63) is 84.7 Å². The van der Waals surface area contributed by atoms with E-state index in [1.807, 2.05) is 12.1 Å². The van der Waals surface area contributed by atoms with E-state index in [0.29, 0.717) is 34.2 Å². The number of anilines is 3. The average Bonchev–Trinajstić information content (AvgIpc) is 3.78. The number of amidine groups is 1. The molecule has 0 aliphatic rings. The molecular formula is C30H35Cl2N9O4S. The molecule has 0 spiro atoms. The Kier molecular flexibility index (Phi) is 12.5. The van der Waals surface area contributed by atoms with Crippen molar-refractivity contribution in [2.75, 3.05) is 47.8 Å². The monoisotopic (exact) mass is 687 g/mol. The van der Waals surface area contributed by atoms with Gasteiger partial charge in [0.1, 0.15) is 5.69 Å². The van der Waals surface area contributed by atoms with Crippen LogP contribution in [0.25, 0.3) is 0 Å². The Morgan fingerprint density at radius 1 is 0.913 bits per heavy atom. The third-order valence-electron chi connectivity index (χ3n) is 6.74. The molecule has 16 heteroatoms. The Morgan fingerprint density at radius 3 is 2.24 bits per heavy atom. The maximum Gasteiger partial charge on any atom is 0.332 e. The molecular weight excluding hydrogens is 653 g/mol. The van der Waals surface area contributed by atoms with Gasteiger partial charge in [-0.3, -0.25) is 29.0 Å². The van der Waals surface area contributed by atoms with Crippen molar-refractivity contribution in [1.29, 1.82) is 5.41 Å². The fourth-order valence-corrected chi connectivity index (χ4v) is 5.15. The van der Waals surface area contributed by atoms with E-state index in [2.05, 4.69) is 10.6 Å². The van der Waals surface area contributed by atoms with Gasteiger partial charge in [0.05, 0.1) is 22.9 Å². The summed E-state index contributed by atoms with van der Waals surface area (Å²) in [7, 11) is 4.86. The lowest BCUT2D eigenvalue weighted by molar-refractivity contribution is 0.101.